The lowest BCUT2D eigenvalue weighted by molar-refractivity contribution is 0.0696. The molecule has 1 aliphatic heterocycles. The van der Waals surface area contributed by atoms with Gasteiger partial charge in [-0.1, -0.05) is 0 Å². The summed E-state index contributed by atoms with van der Waals surface area (Å²) >= 11 is 0. The summed E-state index contributed by atoms with van der Waals surface area (Å²) in [6.45, 7) is 6.19. The molecule has 5 heteroatoms. The van der Waals surface area contributed by atoms with E-state index < -0.39 is 5.97 Å². The van der Waals surface area contributed by atoms with Gasteiger partial charge in [0.25, 0.3) is 0 Å². The van der Waals surface area contributed by atoms with E-state index in [1.165, 1.54) is 6.20 Å². The number of carboxylic acid groups (broad SMARTS) is 1. The second-order valence-electron chi connectivity index (χ2n) is 4.82. The van der Waals surface area contributed by atoms with Crippen LogP contribution in [0.15, 0.2) is 12.3 Å². The van der Waals surface area contributed by atoms with E-state index in [2.05, 4.69) is 9.88 Å². The largest absolute Gasteiger partial charge is 0.478 e. The molecule has 19 heavy (non-hydrogen) atoms. The Bertz CT molecular complexity index is 456. The number of nitrogens with zero attached hydrogens (tertiary/aromatic N) is 2. The molecule has 0 radical (unpaired) electrons. The molecule has 0 aliphatic carbocycles. The first-order valence-corrected chi connectivity index (χ1v) is 6.68. The van der Waals surface area contributed by atoms with E-state index in [9.17, 15) is 9.90 Å². The summed E-state index contributed by atoms with van der Waals surface area (Å²) in [5.41, 5.74) is 1.81. The molecule has 1 aromatic rings. The monoisotopic (exact) mass is 264 g/mol. The third-order valence-corrected chi connectivity index (χ3v) is 3.42. The van der Waals surface area contributed by atoms with Gasteiger partial charge in [0.1, 0.15) is 5.56 Å². The molecule has 2 rings (SSSR count). The van der Waals surface area contributed by atoms with Crippen molar-refractivity contribution in [2.45, 2.75) is 32.8 Å². The van der Waals surface area contributed by atoms with Crippen LogP contribution in [0.2, 0.25) is 0 Å². The van der Waals surface area contributed by atoms with E-state index in [1.54, 1.807) is 0 Å². The standard InChI is InChI=1S/C14H20N2O3/c1-3-16(9-11-5-4-6-19-11)13-7-10(2)15-8-12(13)14(17)18/h7-8,11H,3-6,9H2,1-2H3,(H,17,18). The molecule has 104 valence electrons. The van der Waals surface area contributed by atoms with Gasteiger partial charge < -0.3 is 14.7 Å². The molecule has 1 N–H and O–H groups in total. The molecule has 1 aliphatic rings. The molecule has 0 saturated carbocycles. The van der Waals surface area contributed by atoms with Crippen LogP contribution in [-0.4, -0.2) is 41.9 Å². The first kappa shape index (κ1) is 13.8. The van der Waals surface area contributed by atoms with Crippen LogP contribution in [0.5, 0.6) is 0 Å². The number of likely N-dealkylation sites (N-methyl/N-ethyl adjacent to an activating group) is 1. The smallest absolute Gasteiger partial charge is 0.339 e. The zero-order chi connectivity index (χ0) is 13.8. The average Bonchev–Trinajstić information content (AvgIpc) is 2.88. The highest BCUT2D eigenvalue weighted by atomic mass is 16.5. The lowest BCUT2D eigenvalue weighted by Gasteiger charge is -2.27. The minimum atomic E-state index is -0.937. The number of pyridine rings is 1. The van der Waals surface area contributed by atoms with Crippen LogP contribution in [-0.2, 0) is 4.74 Å². The SMILES string of the molecule is CCN(CC1CCCO1)c1cc(C)ncc1C(=O)O. The fourth-order valence-corrected chi connectivity index (χ4v) is 2.40. The highest BCUT2D eigenvalue weighted by Gasteiger charge is 2.22. The summed E-state index contributed by atoms with van der Waals surface area (Å²) < 4.78 is 5.63. The molecule has 0 aromatic carbocycles. The molecule has 5 nitrogen and oxygen atoms in total. The van der Waals surface area contributed by atoms with Crippen molar-refractivity contribution in [2.75, 3.05) is 24.6 Å². The second kappa shape index (κ2) is 6.02. The maximum Gasteiger partial charge on any atom is 0.339 e. The normalized spacial score (nSPS) is 18.5. The van der Waals surface area contributed by atoms with E-state index in [0.717, 1.165) is 43.9 Å². The number of rotatable bonds is 5. The molecular weight excluding hydrogens is 244 g/mol. The molecule has 0 amide bonds. The maximum atomic E-state index is 11.3. The molecule has 0 bridgehead atoms. The van der Waals surface area contributed by atoms with Gasteiger partial charge in [-0.2, -0.15) is 0 Å². The molecule has 1 saturated heterocycles. The molecule has 1 atom stereocenters. The van der Waals surface area contributed by atoms with E-state index in [0.29, 0.717) is 0 Å². The molecular formula is C14H20N2O3. The van der Waals surface area contributed by atoms with Crippen molar-refractivity contribution in [3.63, 3.8) is 0 Å². The Morgan fingerprint density at radius 3 is 3.00 bits per heavy atom. The van der Waals surface area contributed by atoms with Crippen LogP contribution in [0, 0.1) is 6.92 Å². The summed E-state index contributed by atoms with van der Waals surface area (Å²) in [5.74, 6) is -0.937. The lowest BCUT2D eigenvalue weighted by Crippen LogP contribution is -2.33. The van der Waals surface area contributed by atoms with Gasteiger partial charge in [-0.3, -0.25) is 4.98 Å². The van der Waals surface area contributed by atoms with Gasteiger partial charge in [0, 0.05) is 31.6 Å². The Balaban J connectivity index is 2.25. The third-order valence-electron chi connectivity index (χ3n) is 3.42. The summed E-state index contributed by atoms with van der Waals surface area (Å²) in [6, 6.07) is 1.84. The molecule has 0 spiro atoms. The average molecular weight is 264 g/mol. The van der Waals surface area contributed by atoms with Crippen molar-refractivity contribution in [3.8, 4) is 0 Å². The predicted molar refractivity (Wildman–Crippen MR) is 72.8 cm³/mol. The molecule has 1 fully saturated rings. The van der Waals surface area contributed by atoms with Crippen molar-refractivity contribution < 1.29 is 14.6 Å². The van der Waals surface area contributed by atoms with E-state index in [4.69, 9.17) is 4.74 Å². The first-order valence-electron chi connectivity index (χ1n) is 6.68. The Morgan fingerprint density at radius 2 is 2.42 bits per heavy atom. The third kappa shape index (κ3) is 3.23. The quantitative estimate of drug-likeness (QED) is 0.882. The van der Waals surface area contributed by atoms with Crippen LogP contribution >= 0.6 is 0 Å². The number of ether oxygens (including phenoxy) is 1. The summed E-state index contributed by atoms with van der Waals surface area (Å²) in [6.07, 6.45) is 3.77. The van der Waals surface area contributed by atoms with E-state index in [-0.39, 0.29) is 11.7 Å². The fraction of sp³-hybridized carbons (Fsp3) is 0.571. The zero-order valence-corrected chi connectivity index (χ0v) is 11.4. The highest BCUT2D eigenvalue weighted by Crippen LogP contribution is 2.23. The fourth-order valence-electron chi connectivity index (χ4n) is 2.40. The van der Waals surface area contributed by atoms with Crippen molar-refractivity contribution in [1.29, 1.82) is 0 Å². The summed E-state index contributed by atoms with van der Waals surface area (Å²) in [5, 5.41) is 9.26. The topological polar surface area (TPSA) is 62.7 Å². The first-order chi connectivity index (χ1) is 9.11. The van der Waals surface area contributed by atoms with Gasteiger partial charge in [-0.05, 0) is 32.8 Å². The number of hydrogen-bond acceptors (Lipinski definition) is 4. The van der Waals surface area contributed by atoms with Crippen molar-refractivity contribution >= 4 is 11.7 Å². The van der Waals surface area contributed by atoms with Crippen molar-refractivity contribution in [1.82, 2.24) is 4.98 Å². The Hall–Kier alpha value is -1.62. The molecule has 2 heterocycles. The summed E-state index contributed by atoms with van der Waals surface area (Å²) in [7, 11) is 0. The maximum absolute atomic E-state index is 11.3. The molecule has 1 aromatic heterocycles. The van der Waals surface area contributed by atoms with Crippen LogP contribution in [0.1, 0.15) is 35.8 Å². The Labute approximate surface area is 113 Å². The number of aryl methyl sites for hydroxylation is 1. The van der Waals surface area contributed by atoms with Gasteiger partial charge >= 0.3 is 5.97 Å². The highest BCUT2D eigenvalue weighted by molar-refractivity contribution is 5.94. The van der Waals surface area contributed by atoms with Crippen LogP contribution in [0.3, 0.4) is 0 Å². The number of hydrogen-bond donors (Lipinski definition) is 1. The minimum Gasteiger partial charge on any atom is -0.478 e. The second-order valence-corrected chi connectivity index (χ2v) is 4.82. The van der Waals surface area contributed by atoms with E-state index >= 15 is 0 Å². The Morgan fingerprint density at radius 1 is 1.63 bits per heavy atom. The van der Waals surface area contributed by atoms with Crippen LogP contribution in [0.25, 0.3) is 0 Å². The lowest BCUT2D eigenvalue weighted by atomic mass is 10.1. The van der Waals surface area contributed by atoms with Gasteiger partial charge in [-0.25, -0.2) is 4.79 Å². The summed E-state index contributed by atoms with van der Waals surface area (Å²) in [4.78, 5) is 17.4. The number of carboxylic acids is 1. The number of aromatic carboxylic acids is 1. The number of anilines is 1. The Kier molecular flexibility index (Phi) is 4.37. The van der Waals surface area contributed by atoms with Crippen molar-refractivity contribution in [3.05, 3.63) is 23.5 Å². The van der Waals surface area contributed by atoms with E-state index in [1.807, 2.05) is 19.9 Å². The van der Waals surface area contributed by atoms with Crippen molar-refractivity contribution in [2.24, 2.45) is 0 Å². The molecule has 1 unspecified atom stereocenters. The van der Waals surface area contributed by atoms with Gasteiger partial charge in [0.15, 0.2) is 0 Å². The number of aromatic nitrogens is 1. The zero-order valence-electron chi connectivity index (χ0n) is 11.4. The minimum absolute atomic E-state index is 0.204. The number of carbonyl (C=O) groups is 1. The van der Waals surface area contributed by atoms with Crippen LogP contribution < -0.4 is 4.90 Å². The van der Waals surface area contributed by atoms with Crippen LogP contribution in [0.4, 0.5) is 5.69 Å². The van der Waals surface area contributed by atoms with Gasteiger partial charge in [0.05, 0.1) is 11.8 Å². The predicted octanol–water partition coefficient (Wildman–Crippen LogP) is 2.09. The van der Waals surface area contributed by atoms with Gasteiger partial charge in [0.2, 0.25) is 0 Å². The van der Waals surface area contributed by atoms with Gasteiger partial charge in [-0.15, -0.1) is 0 Å².